The van der Waals surface area contributed by atoms with Crippen molar-refractivity contribution in [2.75, 3.05) is 25.0 Å². The van der Waals surface area contributed by atoms with Gasteiger partial charge in [-0.2, -0.15) is 18.3 Å². The maximum absolute atomic E-state index is 13.1. The van der Waals surface area contributed by atoms with Crippen molar-refractivity contribution >= 4 is 22.5 Å². The fraction of sp³-hybridized carbons (Fsp3) is 0.609. The molecule has 1 atom stereocenters. The first-order chi connectivity index (χ1) is 15.7. The highest BCUT2D eigenvalue weighted by molar-refractivity contribution is 5.93. The van der Waals surface area contributed by atoms with Crippen LogP contribution in [0.1, 0.15) is 44.6 Å². The Hall–Kier alpha value is -2.46. The number of hydrogen-bond acceptors (Lipinski definition) is 6. The summed E-state index contributed by atoms with van der Waals surface area (Å²) in [6.07, 6.45) is 1.76. The largest absolute Gasteiger partial charge is 0.416 e. The summed E-state index contributed by atoms with van der Waals surface area (Å²) in [5.74, 6) is 0.314. The van der Waals surface area contributed by atoms with Crippen molar-refractivity contribution in [1.29, 1.82) is 0 Å². The second-order valence-electron chi connectivity index (χ2n) is 9.11. The van der Waals surface area contributed by atoms with Gasteiger partial charge in [0.25, 0.3) is 0 Å². The molecule has 7 nitrogen and oxygen atoms in total. The number of amides is 1. The summed E-state index contributed by atoms with van der Waals surface area (Å²) in [5, 5.41) is 24.3. The molecule has 2 heterocycles. The standard InChI is InChI=1S/C23H30F3N5O2/c1-2-20(32)14-4-7-18(8-5-14)31-12-17(13-31)29-21(33)11-27-22-19-9-16(23(24,25)26)6-3-15(19)10-28-30-22/h3,6,9-10,14,17-18,20,32H,2,4-5,7-8,11-13H2,1H3,(H,27,30)(H,29,33)/t14?,18?,20-/m0/s1. The first kappa shape index (κ1) is 23.7. The summed E-state index contributed by atoms with van der Waals surface area (Å²) in [6, 6.07) is 3.93. The van der Waals surface area contributed by atoms with Crippen molar-refractivity contribution in [3.05, 3.63) is 30.0 Å². The lowest BCUT2D eigenvalue weighted by molar-refractivity contribution is -0.137. The van der Waals surface area contributed by atoms with Gasteiger partial charge in [-0.15, -0.1) is 5.10 Å². The number of nitrogens with one attached hydrogen (secondary N) is 2. The molecule has 0 radical (unpaired) electrons. The van der Waals surface area contributed by atoms with E-state index in [0.717, 1.165) is 57.3 Å². The van der Waals surface area contributed by atoms with E-state index in [1.165, 1.54) is 12.3 Å². The zero-order valence-electron chi connectivity index (χ0n) is 18.6. The van der Waals surface area contributed by atoms with Gasteiger partial charge in [-0.25, -0.2) is 0 Å². The number of anilines is 1. The summed E-state index contributed by atoms with van der Waals surface area (Å²) in [6.45, 7) is 3.50. The van der Waals surface area contributed by atoms with E-state index in [2.05, 4.69) is 25.7 Å². The Morgan fingerprint density at radius 1 is 1.24 bits per heavy atom. The molecule has 3 N–H and O–H groups in total. The van der Waals surface area contributed by atoms with Gasteiger partial charge < -0.3 is 15.7 Å². The number of aromatic nitrogens is 2. The first-order valence-electron chi connectivity index (χ1n) is 11.5. The van der Waals surface area contributed by atoms with Crippen LogP contribution < -0.4 is 10.6 Å². The molecular weight excluding hydrogens is 435 g/mol. The fourth-order valence-corrected chi connectivity index (χ4v) is 4.91. The smallest absolute Gasteiger partial charge is 0.393 e. The third kappa shape index (κ3) is 5.55. The normalized spacial score (nSPS) is 23.2. The van der Waals surface area contributed by atoms with Crippen molar-refractivity contribution < 1.29 is 23.1 Å². The number of fused-ring (bicyclic) bond motifs is 1. The predicted molar refractivity (Wildman–Crippen MR) is 119 cm³/mol. The average molecular weight is 466 g/mol. The van der Waals surface area contributed by atoms with E-state index in [-0.39, 0.29) is 35.8 Å². The van der Waals surface area contributed by atoms with Gasteiger partial charge in [0.2, 0.25) is 5.91 Å². The van der Waals surface area contributed by atoms with E-state index < -0.39 is 11.7 Å². The molecule has 0 spiro atoms. The van der Waals surface area contributed by atoms with Crippen LogP contribution in [-0.4, -0.2) is 63.9 Å². The molecule has 2 aromatic rings. The van der Waals surface area contributed by atoms with E-state index in [4.69, 9.17) is 0 Å². The van der Waals surface area contributed by atoms with Crippen LogP contribution >= 0.6 is 0 Å². The fourth-order valence-electron chi connectivity index (χ4n) is 4.91. The van der Waals surface area contributed by atoms with Crippen LogP contribution in [-0.2, 0) is 11.0 Å². The second-order valence-corrected chi connectivity index (χ2v) is 9.11. The maximum Gasteiger partial charge on any atom is 0.416 e. The quantitative estimate of drug-likeness (QED) is 0.582. The highest BCUT2D eigenvalue weighted by atomic mass is 19.4. The number of aliphatic hydroxyl groups is 1. The Bertz CT molecular complexity index is 972. The van der Waals surface area contributed by atoms with Gasteiger partial charge >= 0.3 is 6.18 Å². The average Bonchev–Trinajstić information content (AvgIpc) is 2.78. The van der Waals surface area contributed by atoms with E-state index in [1.54, 1.807) is 0 Å². The van der Waals surface area contributed by atoms with Crippen molar-refractivity contribution in [3.63, 3.8) is 0 Å². The highest BCUT2D eigenvalue weighted by Crippen LogP contribution is 2.33. The van der Waals surface area contributed by atoms with E-state index in [0.29, 0.717) is 17.3 Å². The molecule has 0 unspecified atom stereocenters. The Morgan fingerprint density at radius 2 is 1.97 bits per heavy atom. The van der Waals surface area contributed by atoms with Crippen LogP contribution in [0.3, 0.4) is 0 Å². The minimum atomic E-state index is -4.46. The lowest BCUT2D eigenvalue weighted by Gasteiger charge is -2.47. The Morgan fingerprint density at radius 3 is 2.64 bits per heavy atom. The van der Waals surface area contributed by atoms with Gasteiger partial charge in [0.1, 0.15) is 0 Å². The summed E-state index contributed by atoms with van der Waals surface area (Å²) >= 11 is 0. The van der Waals surface area contributed by atoms with Gasteiger partial charge in [-0.1, -0.05) is 13.0 Å². The van der Waals surface area contributed by atoms with Crippen molar-refractivity contribution in [1.82, 2.24) is 20.4 Å². The van der Waals surface area contributed by atoms with E-state index in [1.807, 2.05) is 6.92 Å². The number of aliphatic hydroxyl groups excluding tert-OH is 1. The van der Waals surface area contributed by atoms with Gasteiger partial charge in [-0.05, 0) is 50.2 Å². The van der Waals surface area contributed by atoms with Crippen LogP contribution in [0.2, 0.25) is 0 Å². The summed E-state index contributed by atoms with van der Waals surface area (Å²) in [4.78, 5) is 14.7. The molecule has 1 aliphatic heterocycles. The van der Waals surface area contributed by atoms with Crippen molar-refractivity contribution in [3.8, 4) is 0 Å². The lowest BCUT2D eigenvalue weighted by Crippen LogP contribution is -2.63. The maximum atomic E-state index is 13.1. The number of alkyl halides is 3. The third-order valence-corrected chi connectivity index (χ3v) is 6.90. The molecule has 4 rings (SSSR count). The molecule has 0 bridgehead atoms. The number of halogens is 3. The Balaban J connectivity index is 1.24. The molecule has 2 aliphatic rings. The van der Waals surface area contributed by atoms with Gasteiger partial charge in [0, 0.05) is 29.9 Å². The number of carbonyl (C=O) groups is 1. The van der Waals surface area contributed by atoms with Gasteiger partial charge in [0.15, 0.2) is 5.82 Å². The van der Waals surface area contributed by atoms with Crippen LogP contribution in [0, 0.1) is 5.92 Å². The Labute approximate surface area is 190 Å². The van der Waals surface area contributed by atoms with Gasteiger partial charge in [-0.3, -0.25) is 9.69 Å². The van der Waals surface area contributed by atoms with Crippen LogP contribution in [0.25, 0.3) is 10.8 Å². The minimum Gasteiger partial charge on any atom is -0.393 e. The van der Waals surface area contributed by atoms with Crippen molar-refractivity contribution in [2.24, 2.45) is 5.92 Å². The van der Waals surface area contributed by atoms with Gasteiger partial charge in [0.05, 0.1) is 30.5 Å². The molecule has 10 heteroatoms. The lowest BCUT2D eigenvalue weighted by atomic mass is 9.80. The van der Waals surface area contributed by atoms with Crippen LogP contribution in [0.5, 0.6) is 0 Å². The zero-order valence-corrected chi connectivity index (χ0v) is 18.6. The number of likely N-dealkylation sites (tertiary alicyclic amines) is 1. The molecule has 1 aromatic heterocycles. The van der Waals surface area contributed by atoms with E-state index in [9.17, 15) is 23.1 Å². The number of carbonyl (C=O) groups excluding carboxylic acids is 1. The first-order valence-corrected chi connectivity index (χ1v) is 11.5. The molecule has 1 amide bonds. The number of nitrogens with zero attached hydrogens (tertiary/aromatic N) is 3. The molecule has 33 heavy (non-hydrogen) atoms. The SMILES string of the molecule is CC[C@H](O)C1CCC(N2CC(NC(=O)CNc3nncc4ccc(C(F)(F)F)cc34)C2)CC1. The third-order valence-electron chi connectivity index (χ3n) is 6.90. The zero-order chi connectivity index (χ0) is 23.6. The molecular formula is C23H30F3N5O2. The minimum absolute atomic E-state index is 0.0636. The monoisotopic (exact) mass is 465 g/mol. The highest BCUT2D eigenvalue weighted by Gasteiger charge is 2.36. The number of hydrogen-bond donors (Lipinski definition) is 3. The molecule has 1 aromatic carbocycles. The van der Waals surface area contributed by atoms with Crippen LogP contribution in [0.15, 0.2) is 24.4 Å². The topological polar surface area (TPSA) is 90.4 Å². The summed E-state index contributed by atoms with van der Waals surface area (Å²) in [7, 11) is 0. The second kappa shape index (κ2) is 9.80. The predicted octanol–water partition coefficient (Wildman–Crippen LogP) is 3.19. The molecule has 1 aliphatic carbocycles. The van der Waals surface area contributed by atoms with Crippen LogP contribution in [0.4, 0.5) is 19.0 Å². The Kier molecular flexibility index (Phi) is 7.04. The number of rotatable bonds is 7. The molecule has 1 saturated carbocycles. The molecule has 1 saturated heterocycles. The van der Waals surface area contributed by atoms with Crippen molar-refractivity contribution in [2.45, 2.75) is 63.4 Å². The number of benzene rings is 1. The molecule has 2 fully saturated rings. The molecule has 180 valence electrons. The summed E-state index contributed by atoms with van der Waals surface area (Å²) < 4.78 is 39.2. The summed E-state index contributed by atoms with van der Waals surface area (Å²) in [5.41, 5.74) is -0.775. The van der Waals surface area contributed by atoms with E-state index >= 15 is 0 Å².